The number of para-hydroxylation sites is 2. The standard InChI is InChI=1S/C16H28N2O2/c1-5-14(2)18(3)12-10-17-11-13-20-16-9-7-6-8-15(16)19-4/h6-9,14,17H,5,10-13H2,1-4H3. The van der Waals surface area contributed by atoms with Crippen LogP contribution in [0.4, 0.5) is 0 Å². The molecule has 0 aliphatic carbocycles. The Balaban J connectivity index is 2.13. The predicted molar refractivity (Wildman–Crippen MR) is 83.7 cm³/mol. The van der Waals surface area contributed by atoms with Gasteiger partial charge in [-0.15, -0.1) is 0 Å². The summed E-state index contributed by atoms with van der Waals surface area (Å²) in [5.41, 5.74) is 0. The number of hydrogen-bond acceptors (Lipinski definition) is 4. The molecule has 0 amide bonds. The fourth-order valence-electron chi connectivity index (χ4n) is 1.88. The lowest BCUT2D eigenvalue weighted by atomic mass is 10.2. The molecule has 1 N–H and O–H groups in total. The second-order valence-corrected chi connectivity index (χ2v) is 4.99. The number of benzene rings is 1. The number of nitrogens with zero attached hydrogens (tertiary/aromatic N) is 1. The molecule has 0 saturated carbocycles. The first kappa shape index (κ1) is 16.8. The number of likely N-dealkylation sites (N-methyl/N-ethyl adjacent to an activating group) is 1. The molecule has 0 spiro atoms. The highest BCUT2D eigenvalue weighted by molar-refractivity contribution is 5.39. The second kappa shape index (κ2) is 9.61. The number of hydrogen-bond donors (Lipinski definition) is 1. The van der Waals surface area contributed by atoms with Crippen LogP contribution in [0.3, 0.4) is 0 Å². The van der Waals surface area contributed by atoms with Gasteiger partial charge < -0.3 is 19.7 Å². The lowest BCUT2D eigenvalue weighted by molar-refractivity contribution is 0.246. The Labute approximate surface area is 123 Å². The van der Waals surface area contributed by atoms with E-state index in [4.69, 9.17) is 9.47 Å². The number of methoxy groups -OCH3 is 1. The summed E-state index contributed by atoms with van der Waals surface area (Å²) in [6.45, 7) is 8.00. The van der Waals surface area contributed by atoms with Crippen LogP contribution in [0.15, 0.2) is 24.3 Å². The Kier molecular flexibility index (Phi) is 8.07. The highest BCUT2D eigenvalue weighted by atomic mass is 16.5. The van der Waals surface area contributed by atoms with Gasteiger partial charge in [0.05, 0.1) is 7.11 Å². The molecule has 0 saturated heterocycles. The molecule has 20 heavy (non-hydrogen) atoms. The molecular formula is C16H28N2O2. The van der Waals surface area contributed by atoms with Gasteiger partial charge in [0.1, 0.15) is 6.61 Å². The largest absolute Gasteiger partial charge is 0.493 e. The highest BCUT2D eigenvalue weighted by Gasteiger charge is 2.05. The first-order valence-electron chi connectivity index (χ1n) is 7.35. The minimum atomic E-state index is 0.640. The molecule has 4 nitrogen and oxygen atoms in total. The third kappa shape index (κ3) is 5.80. The molecule has 0 fully saturated rings. The lowest BCUT2D eigenvalue weighted by Gasteiger charge is -2.23. The van der Waals surface area contributed by atoms with E-state index in [1.165, 1.54) is 6.42 Å². The van der Waals surface area contributed by atoms with E-state index in [-0.39, 0.29) is 0 Å². The Morgan fingerprint density at radius 3 is 2.55 bits per heavy atom. The first-order valence-corrected chi connectivity index (χ1v) is 7.35. The zero-order valence-electron chi connectivity index (χ0n) is 13.2. The SMILES string of the molecule is CCC(C)N(C)CCNCCOc1ccccc1OC. The van der Waals surface area contributed by atoms with Crippen LogP contribution < -0.4 is 14.8 Å². The molecule has 1 atom stereocenters. The Bertz CT molecular complexity index is 371. The van der Waals surface area contributed by atoms with Gasteiger partial charge >= 0.3 is 0 Å². The van der Waals surface area contributed by atoms with E-state index >= 15 is 0 Å². The molecule has 0 aliphatic rings. The smallest absolute Gasteiger partial charge is 0.161 e. The van der Waals surface area contributed by atoms with Crippen molar-refractivity contribution in [1.29, 1.82) is 0 Å². The van der Waals surface area contributed by atoms with Crippen molar-refractivity contribution >= 4 is 0 Å². The van der Waals surface area contributed by atoms with Gasteiger partial charge in [-0.1, -0.05) is 19.1 Å². The van der Waals surface area contributed by atoms with Crippen molar-refractivity contribution in [2.75, 3.05) is 40.4 Å². The van der Waals surface area contributed by atoms with Crippen molar-refractivity contribution in [2.24, 2.45) is 0 Å². The van der Waals surface area contributed by atoms with E-state index in [9.17, 15) is 0 Å². The fourth-order valence-corrected chi connectivity index (χ4v) is 1.88. The average Bonchev–Trinajstić information content (AvgIpc) is 2.49. The van der Waals surface area contributed by atoms with E-state index in [1.807, 2.05) is 24.3 Å². The topological polar surface area (TPSA) is 33.7 Å². The van der Waals surface area contributed by atoms with Crippen LogP contribution in [0.1, 0.15) is 20.3 Å². The maximum Gasteiger partial charge on any atom is 0.161 e. The van der Waals surface area contributed by atoms with Gasteiger partial charge in [-0.3, -0.25) is 0 Å². The van der Waals surface area contributed by atoms with Crippen molar-refractivity contribution in [3.63, 3.8) is 0 Å². The minimum Gasteiger partial charge on any atom is -0.493 e. The van der Waals surface area contributed by atoms with Gasteiger partial charge in [0.2, 0.25) is 0 Å². The molecule has 1 aromatic carbocycles. The summed E-state index contributed by atoms with van der Waals surface area (Å²) >= 11 is 0. The van der Waals surface area contributed by atoms with E-state index in [0.717, 1.165) is 31.1 Å². The van der Waals surface area contributed by atoms with Gasteiger partial charge in [-0.05, 0) is 32.5 Å². The quantitative estimate of drug-likeness (QED) is 0.667. The van der Waals surface area contributed by atoms with E-state index < -0.39 is 0 Å². The van der Waals surface area contributed by atoms with Gasteiger partial charge in [0.15, 0.2) is 11.5 Å². The third-order valence-electron chi connectivity index (χ3n) is 3.59. The number of ether oxygens (including phenoxy) is 2. The maximum absolute atomic E-state index is 5.70. The second-order valence-electron chi connectivity index (χ2n) is 4.99. The summed E-state index contributed by atoms with van der Waals surface area (Å²) in [6.07, 6.45) is 1.19. The molecule has 0 radical (unpaired) electrons. The van der Waals surface area contributed by atoms with Crippen LogP contribution in [-0.2, 0) is 0 Å². The van der Waals surface area contributed by atoms with Crippen LogP contribution in [-0.4, -0.2) is 51.3 Å². The minimum absolute atomic E-state index is 0.640. The van der Waals surface area contributed by atoms with Crippen LogP contribution in [0.5, 0.6) is 11.5 Å². The molecule has 1 aromatic rings. The van der Waals surface area contributed by atoms with Crippen LogP contribution in [0.2, 0.25) is 0 Å². The van der Waals surface area contributed by atoms with Crippen molar-refractivity contribution < 1.29 is 9.47 Å². The summed E-state index contributed by atoms with van der Waals surface area (Å²) in [4.78, 5) is 2.37. The zero-order chi connectivity index (χ0) is 14.8. The first-order chi connectivity index (χ1) is 9.69. The maximum atomic E-state index is 5.70. The van der Waals surface area contributed by atoms with Gasteiger partial charge in [-0.25, -0.2) is 0 Å². The Hall–Kier alpha value is -1.26. The summed E-state index contributed by atoms with van der Waals surface area (Å²) < 4.78 is 10.9. The highest BCUT2D eigenvalue weighted by Crippen LogP contribution is 2.25. The van der Waals surface area contributed by atoms with Gasteiger partial charge in [0, 0.05) is 25.7 Å². The van der Waals surface area contributed by atoms with Gasteiger partial charge in [-0.2, -0.15) is 0 Å². The number of rotatable bonds is 10. The predicted octanol–water partition coefficient (Wildman–Crippen LogP) is 2.39. The molecule has 114 valence electrons. The fraction of sp³-hybridized carbons (Fsp3) is 0.625. The molecule has 0 bridgehead atoms. The molecule has 4 heteroatoms. The molecule has 1 unspecified atom stereocenters. The number of nitrogens with one attached hydrogen (secondary N) is 1. The molecule has 0 aliphatic heterocycles. The summed E-state index contributed by atoms with van der Waals surface area (Å²) in [6, 6.07) is 8.36. The van der Waals surface area contributed by atoms with E-state index in [0.29, 0.717) is 12.6 Å². The lowest BCUT2D eigenvalue weighted by Crippen LogP contribution is -2.36. The molecule has 0 aromatic heterocycles. The molecule has 1 rings (SSSR count). The van der Waals surface area contributed by atoms with E-state index in [2.05, 4.69) is 31.1 Å². The van der Waals surface area contributed by atoms with Gasteiger partial charge in [0.25, 0.3) is 0 Å². The molecule has 0 heterocycles. The summed E-state index contributed by atoms with van der Waals surface area (Å²) in [5.74, 6) is 1.58. The monoisotopic (exact) mass is 280 g/mol. The van der Waals surface area contributed by atoms with Crippen molar-refractivity contribution in [2.45, 2.75) is 26.3 Å². The molecular weight excluding hydrogens is 252 g/mol. The summed E-state index contributed by atoms with van der Waals surface area (Å²) in [7, 11) is 3.83. The average molecular weight is 280 g/mol. The Morgan fingerprint density at radius 1 is 1.20 bits per heavy atom. The Morgan fingerprint density at radius 2 is 1.90 bits per heavy atom. The normalized spacial score (nSPS) is 12.4. The third-order valence-corrected chi connectivity index (χ3v) is 3.59. The zero-order valence-corrected chi connectivity index (χ0v) is 13.2. The van der Waals surface area contributed by atoms with Crippen molar-refractivity contribution in [1.82, 2.24) is 10.2 Å². The van der Waals surface area contributed by atoms with E-state index in [1.54, 1.807) is 7.11 Å². The van der Waals surface area contributed by atoms with Crippen molar-refractivity contribution in [3.8, 4) is 11.5 Å². The van der Waals surface area contributed by atoms with Crippen molar-refractivity contribution in [3.05, 3.63) is 24.3 Å². The summed E-state index contributed by atoms with van der Waals surface area (Å²) in [5, 5.41) is 3.40. The van der Waals surface area contributed by atoms with Crippen LogP contribution in [0, 0.1) is 0 Å². The van der Waals surface area contributed by atoms with Crippen LogP contribution >= 0.6 is 0 Å². The van der Waals surface area contributed by atoms with Crippen LogP contribution in [0.25, 0.3) is 0 Å².